The summed E-state index contributed by atoms with van der Waals surface area (Å²) in [7, 11) is 0. The predicted octanol–water partition coefficient (Wildman–Crippen LogP) is 2.55. The third-order valence-electron chi connectivity index (χ3n) is 3.15. The number of halogens is 1. The van der Waals surface area contributed by atoms with Crippen molar-refractivity contribution in [3.8, 4) is 0 Å². The third-order valence-corrected chi connectivity index (χ3v) is 3.15. The first-order chi connectivity index (χ1) is 8.99. The summed E-state index contributed by atoms with van der Waals surface area (Å²) < 4.78 is 15.1. The highest BCUT2D eigenvalue weighted by molar-refractivity contribution is 5.26. The van der Waals surface area contributed by atoms with Crippen molar-refractivity contribution in [2.75, 3.05) is 0 Å². The summed E-state index contributed by atoms with van der Waals surface area (Å²) in [4.78, 5) is 4.24. The number of aromatic nitrogens is 3. The number of hydrogen-bond acceptors (Lipinski definition) is 3. The van der Waals surface area contributed by atoms with Gasteiger partial charge in [-0.1, -0.05) is 12.1 Å². The Morgan fingerprint density at radius 3 is 2.74 bits per heavy atom. The number of hydrogen-bond donors (Lipinski definition) is 1. The highest BCUT2D eigenvalue weighted by Crippen LogP contribution is 2.19. The van der Waals surface area contributed by atoms with Crippen LogP contribution in [0.1, 0.15) is 42.9 Å². The van der Waals surface area contributed by atoms with E-state index < -0.39 is 0 Å². The molecule has 4 nitrogen and oxygen atoms in total. The van der Waals surface area contributed by atoms with Crippen LogP contribution in [0.3, 0.4) is 0 Å². The molecule has 19 heavy (non-hydrogen) atoms. The summed E-state index contributed by atoms with van der Waals surface area (Å²) in [5.41, 5.74) is 7.69. The fourth-order valence-electron chi connectivity index (χ4n) is 2.06. The van der Waals surface area contributed by atoms with Crippen molar-refractivity contribution < 1.29 is 4.39 Å². The van der Waals surface area contributed by atoms with E-state index in [2.05, 4.69) is 10.1 Å². The van der Waals surface area contributed by atoms with E-state index in [-0.39, 0.29) is 17.9 Å². The van der Waals surface area contributed by atoms with Crippen molar-refractivity contribution in [3.05, 3.63) is 47.3 Å². The Labute approximate surface area is 112 Å². The second-order valence-electron chi connectivity index (χ2n) is 5.03. The van der Waals surface area contributed by atoms with Crippen molar-refractivity contribution in [1.82, 2.24) is 14.8 Å². The lowest BCUT2D eigenvalue weighted by atomic mass is 10.0. The van der Waals surface area contributed by atoms with Gasteiger partial charge in [0.05, 0.1) is 0 Å². The van der Waals surface area contributed by atoms with Crippen LogP contribution < -0.4 is 5.73 Å². The predicted molar refractivity (Wildman–Crippen MR) is 72.2 cm³/mol. The van der Waals surface area contributed by atoms with Gasteiger partial charge >= 0.3 is 0 Å². The van der Waals surface area contributed by atoms with Crippen molar-refractivity contribution in [1.29, 1.82) is 0 Å². The molecule has 2 aromatic rings. The standard InChI is InChI=1S/C14H19FN4/c1-9(2)19-14(17-8-18-19)7-13(16)11-4-5-12(15)10(3)6-11/h4-6,8-9,13H,7,16H2,1-3H3. The van der Waals surface area contributed by atoms with Crippen LogP contribution in [-0.4, -0.2) is 14.8 Å². The molecule has 0 aliphatic carbocycles. The number of aryl methyl sites for hydroxylation is 1. The molecule has 1 aromatic carbocycles. The van der Waals surface area contributed by atoms with E-state index in [1.165, 1.54) is 12.4 Å². The smallest absolute Gasteiger partial charge is 0.138 e. The van der Waals surface area contributed by atoms with Gasteiger partial charge < -0.3 is 5.73 Å². The molecular weight excluding hydrogens is 243 g/mol. The van der Waals surface area contributed by atoms with Crippen molar-refractivity contribution in [3.63, 3.8) is 0 Å². The molecule has 0 radical (unpaired) electrons. The lowest BCUT2D eigenvalue weighted by Crippen LogP contribution is -2.18. The molecule has 0 saturated carbocycles. The lowest BCUT2D eigenvalue weighted by molar-refractivity contribution is 0.493. The number of benzene rings is 1. The first-order valence-electron chi connectivity index (χ1n) is 6.39. The third kappa shape index (κ3) is 2.98. The molecule has 0 fully saturated rings. The maximum Gasteiger partial charge on any atom is 0.138 e. The summed E-state index contributed by atoms with van der Waals surface area (Å²) in [5, 5.41) is 4.18. The second-order valence-corrected chi connectivity index (χ2v) is 5.03. The Hall–Kier alpha value is -1.75. The van der Waals surface area contributed by atoms with Gasteiger partial charge in [0.2, 0.25) is 0 Å². The molecular formula is C14H19FN4. The average molecular weight is 262 g/mol. The maximum absolute atomic E-state index is 13.2. The van der Waals surface area contributed by atoms with Crippen LogP contribution >= 0.6 is 0 Å². The second kappa shape index (κ2) is 5.48. The number of nitrogens with two attached hydrogens (primary N) is 1. The highest BCUT2D eigenvalue weighted by atomic mass is 19.1. The SMILES string of the molecule is Cc1cc(C(N)Cc2ncnn2C(C)C)ccc1F. The van der Waals surface area contributed by atoms with Gasteiger partial charge in [-0.15, -0.1) is 0 Å². The van der Waals surface area contributed by atoms with E-state index in [1.54, 1.807) is 19.1 Å². The summed E-state index contributed by atoms with van der Waals surface area (Å²) >= 11 is 0. The molecule has 0 bridgehead atoms. The topological polar surface area (TPSA) is 56.7 Å². The minimum Gasteiger partial charge on any atom is -0.324 e. The lowest BCUT2D eigenvalue weighted by Gasteiger charge is -2.15. The van der Waals surface area contributed by atoms with E-state index in [1.807, 2.05) is 18.5 Å². The van der Waals surface area contributed by atoms with E-state index >= 15 is 0 Å². The summed E-state index contributed by atoms with van der Waals surface area (Å²) in [6.07, 6.45) is 2.13. The molecule has 1 heterocycles. The fraction of sp³-hybridized carbons (Fsp3) is 0.429. The normalized spacial score (nSPS) is 12.9. The average Bonchev–Trinajstić information content (AvgIpc) is 2.80. The minimum absolute atomic E-state index is 0.207. The zero-order chi connectivity index (χ0) is 14.0. The Morgan fingerprint density at radius 2 is 2.11 bits per heavy atom. The van der Waals surface area contributed by atoms with Crippen LogP contribution in [-0.2, 0) is 6.42 Å². The van der Waals surface area contributed by atoms with Gasteiger partial charge in [0, 0.05) is 18.5 Å². The highest BCUT2D eigenvalue weighted by Gasteiger charge is 2.14. The van der Waals surface area contributed by atoms with E-state index in [0.29, 0.717) is 12.0 Å². The molecule has 1 unspecified atom stereocenters. The van der Waals surface area contributed by atoms with Crippen LogP contribution in [0.5, 0.6) is 0 Å². The summed E-state index contributed by atoms with van der Waals surface area (Å²) in [6.45, 7) is 5.83. The van der Waals surface area contributed by atoms with E-state index in [4.69, 9.17) is 5.73 Å². The van der Waals surface area contributed by atoms with E-state index in [9.17, 15) is 4.39 Å². The molecule has 2 rings (SSSR count). The Morgan fingerprint density at radius 1 is 1.37 bits per heavy atom. The number of nitrogens with zero attached hydrogens (tertiary/aromatic N) is 3. The van der Waals surface area contributed by atoms with Gasteiger partial charge in [-0.05, 0) is 38.0 Å². The van der Waals surface area contributed by atoms with Crippen molar-refractivity contribution >= 4 is 0 Å². The molecule has 0 amide bonds. The molecule has 0 aliphatic heterocycles. The van der Waals surface area contributed by atoms with Gasteiger partial charge in [0.15, 0.2) is 0 Å². The monoisotopic (exact) mass is 262 g/mol. The molecule has 102 valence electrons. The molecule has 2 N–H and O–H groups in total. The van der Waals surface area contributed by atoms with Gasteiger partial charge in [-0.25, -0.2) is 14.1 Å². The van der Waals surface area contributed by atoms with Crippen molar-refractivity contribution in [2.24, 2.45) is 5.73 Å². The Bertz CT molecular complexity index is 562. The van der Waals surface area contributed by atoms with E-state index in [0.717, 1.165) is 11.4 Å². The molecule has 0 saturated heterocycles. The first-order valence-corrected chi connectivity index (χ1v) is 6.39. The summed E-state index contributed by atoms with van der Waals surface area (Å²) in [5.74, 6) is 0.644. The Balaban J connectivity index is 2.18. The van der Waals surface area contributed by atoms with Crippen LogP contribution in [0.15, 0.2) is 24.5 Å². The fourth-order valence-corrected chi connectivity index (χ4v) is 2.06. The quantitative estimate of drug-likeness (QED) is 0.921. The maximum atomic E-state index is 13.2. The Kier molecular flexibility index (Phi) is 3.95. The first kappa shape index (κ1) is 13.7. The van der Waals surface area contributed by atoms with Crippen LogP contribution in [0.2, 0.25) is 0 Å². The zero-order valence-electron chi connectivity index (χ0n) is 11.5. The molecule has 5 heteroatoms. The van der Waals surface area contributed by atoms with Gasteiger partial charge in [-0.3, -0.25) is 0 Å². The van der Waals surface area contributed by atoms with Crippen LogP contribution in [0.4, 0.5) is 4.39 Å². The molecule has 1 aromatic heterocycles. The van der Waals surface area contributed by atoms with Gasteiger partial charge in [-0.2, -0.15) is 5.10 Å². The largest absolute Gasteiger partial charge is 0.324 e. The number of rotatable bonds is 4. The molecule has 0 spiro atoms. The van der Waals surface area contributed by atoms with Gasteiger partial charge in [0.1, 0.15) is 18.0 Å². The molecule has 1 atom stereocenters. The van der Waals surface area contributed by atoms with Crippen LogP contribution in [0, 0.1) is 12.7 Å². The van der Waals surface area contributed by atoms with Crippen molar-refractivity contribution in [2.45, 2.75) is 39.3 Å². The summed E-state index contributed by atoms with van der Waals surface area (Å²) in [6, 6.07) is 5.01. The zero-order valence-corrected chi connectivity index (χ0v) is 11.5. The van der Waals surface area contributed by atoms with Gasteiger partial charge in [0.25, 0.3) is 0 Å². The molecule has 0 aliphatic rings. The van der Waals surface area contributed by atoms with Crippen LogP contribution in [0.25, 0.3) is 0 Å². The minimum atomic E-state index is -0.207.